The third kappa shape index (κ3) is 4.51. The molecule has 0 radical (unpaired) electrons. The predicted octanol–water partition coefficient (Wildman–Crippen LogP) is 3.47. The summed E-state index contributed by atoms with van der Waals surface area (Å²) in [6, 6.07) is 0. The summed E-state index contributed by atoms with van der Waals surface area (Å²) >= 11 is 0. The van der Waals surface area contributed by atoms with Crippen LogP contribution in [-0.2, 0) is 4.74 Å². The lowest BCUT2D eigenvalue weighted by atomic mass is 9.76. The molecular formula is C15H27FO2. The van der Waals surface area contributed by atoms with Crippen molar-refractivity contribution in [1.82, 2.24) is 0 Å². The first-order valence-electron chi connectivity index (χ1n) is 7.64. The van der Waals surface area contributed by atoms with Crippen molar-refractivity contribution in [2.45, 2.75) is 70.1 Å². The lowest BCUT2D eigenvalue weighted by Crippen LogP contribution is -2.25. The third-order valence-electron chi connectivity index (χ3n) is 4.62. The molecule has 2 saturated carbocycles. The predicted molar refractivity (Wildman–Crippen MR) is 70.3 cm³/mol. The van der Waals surface area contributed by atoms with Crippen LogP contribution in [0.15, 0.2) is 0 Å². The molecule has 1 N–H and O–H groups in total. The molecule has 2 nitrogen and oxygen atoms in total. The molecule has 18 heavy (non-hydrogen) atoms. The van der Waals surface area contributed by atoms with Gasteiger partial charge in [-0.25, -0.2) is 4.39 Å². The quantitative estimate of drug-likeness (QED) is 0.818. The Labute approximate surface area is 110 Å². The number of aliphatic hydroxyl groups is 1. The average molecular weight is 258 g/mol. The third-order valence-corrected chi connectivity index (χ3v) is 4.62. The zero-order valence-corrected chi connectivity index (χ0v) is 11.3. The highest BCUT2D eigenvalue weighted by Crippen LogP contribution is 2.36. The van der Waals surface area contributed by atoms with E-state index in [1.165, 1.54) is 25.7 Å². The maximum atomic E-state index is 13.3. The Hall–Kier alpha value is -0.150. The maximum Gasteiger partial charge on any atom is 0.100 e. The molecule has 2 aliphatic rings. The van der Waals surface area contributed by atoms with Crippen LogP contribution in [0.3, 0.4) is 0 Å². The standard InChI is InChI=1S/C15H27FO2/c16-14-3-1-2-13(11-14)10-12-4-6-15(7-5-12)18-9-8-17/h12-15,17H,1-11H2. The molecule has 2 fully saturated rings. The van der Waals surface area contributed by atoms with Gasteiger partial charge < -0.3 is 9.84 Å². The molecule has 3 heteroatoms. The lowest BCUT2D eigenvalue weighted by molar-refractivity contribution is -0.00247. The van der Waals surface area contributed by atoms with Gasteiger partial charge in [0.1, 0.15) is 6.17 Å². The molecule has 0 amide bonds. The van der Waals surface area contributed by atoms with Crippen LogP contribution < -0.4 is 0 Å². The Morgan fingerprint density at radius 3 is 2.44 bits per heavy atom. The normalized spacial score (nSPS) is 37.7. The number of rotatable bonds is 5. The van der Waals surface area contributed by atoms with Gasteiger partial charge in [0.05, 0.1) is 19.3 Å². The molecule has 0 heterocycles. The molecule has 0 aromatic carbocycles. The first-order valence-corrected chi connectivity index (χ1v) is 7.64. The van der Waals surface area contributed by atoms with Gasteiger partial charge in [-0.1, -0.05) is 12.8 Å². The van der Waals surface area contributed by atoms with Crippen LogP contribution >= 0.6 is 0 Å². The number of ether oxygens (including phenoxy) is 1. The molecule has 2 atom stereocenters. The van der Waals surface area contributed by atoms with E-state index in [9.17, 15) is 4.39 Å². The zero-order chi connectivity index (χ0) is 12.8. The second-order valence-corrected chi connectivity index (χ2v) is 6.10. The van der Waals surface area contributed by atoms with E-state index in [0.717, 1.165) is 38.0 Å². The molecule has 106 valence electrons. The monoisotopic (exact) mass is 258 g/mol. The largest absolute Gasteiger partial charge is 0.394 e. The minimum atomic E-state index is -0.534. The Balaban J connectivity index is 1.63. The molecule has 0 saturated heterocycles. The fraction of sp³-hybridized carbons (Fsp3) is 1.00. The number of hydrogen-bond acceptors (Lipinski definition) is 2. The smallest absolute Gasteiger partial charge is 0.100 e. The highest BCUT2D eigenvalue weighted by atomic mass is 19.1. The summed E-state index contributed by atoms with van der Waals surface area (Å²) in [5.41, 5.74) is 0. The summed E-state index contributed by atoms with van der Waals surface area (Å²) in [5, 5.41) is 8.73. The van der Waals surface area contributed by atoms with E-state index in [-0.39, 0.29) is 6.61 Å². The van der Waals surface area contributed by atoms with Crippen molar-refractivity contribution in [1.29, 1.82) is 0 Å². The highest BCUT2D eigenvalue weighted by Gasteiger charge is 2.27. The molecule has 2 aliphatic carbocycles. The van der Waals surface area contributed by atoms with Gasteiger partial charge in [-0.05, 0) is 56.8 Å². The van der Waals surface area contributed by atoms with Crippen LogP contribution in [0, 0.1) is 11.8 Å². The van der Waals surface area contributed by atoms with Crippen molar-refractivity contribution in [3.63, 3.8) is 0 Å². The topological polar surface area (TPSA) is 29.5 Å². The van der Waals surface area contributed by atoms with Crippen LogP contribution in [0.2, 0.25) is 0 Å². The minimum absolute atomic E-state index is 0.125. The number of alkyl halides is 1. The van der Waals surface area contributed by atoms with Crippen LogP contribution in [0.25, 0.3) is 0 Å². The lowest BCUT2D eigenvalue weighted by Gasteiger charge is -2.32. The number of hydrogen-bond donors (Lipinski definition) is 1. The van der Waals surface area contributed by atoms with Gasteiger partial charge in [0.25, 0.3) is 0 Å². The van der Waals surface area contributed by atoms with Gasteiger partial charge in [-0.3, -0.25) is 0 Å². The summed E-state index contributed by atoms with van der Waals surface area (Å²) in [6.07, 6.45) is 9.66. The first kappa shape index (κ1) is 14.3. The van der Waals surface area contributed by atoms with Crippen LogP contribution in [0.4, 0.5) is 4.39 Å². The van der Waals surface area contributed by atoms with E-state index in [0.29, 0.717) is 18.6 Å². The van der Waals surface area contributed by atoms with Crippen molar-refractivity contribution in [3.05, 3.63) is 0 Å². The van der Waals surface area contributed by atoms with Gasteiger partial charge in [0.15, 0.2) is 0 Å². The number of aliphatic hydroxyl groups excluding tert-OH is 1. The van der Waals surface area contributed by atoms with E-state index in [1.807, 2.05) is 0 Å². The summed E-state index contributed by atoms with van der Waals surface area (Å²) in [4.78, 5) is 0. The zero-order valence-electron chi connectivity index (χ0n) is 11.3. The van der Waals surface area contributed by atoms with Gasteiger partial charge in [0.2, 0.25) is 0 Å². The molecule has 0 aliphatic heterocycles. The second kappa shape index (κ2) is 7.44. The van der Waals surface area contributed by atoms with Crippen molar-refractivity contribution >= 4 is 0 Å². The van der Waals surface area contributed by atoms with Crippen LogP contribution in [0.1, 0.15) is 57.8 Å². The van der Waals surface area contributed by atoms with E-state index in [2.05, 4.69) is 0 Å². The molecule has 2 unspecified atom stereocenters. The molecular weight excluding hydrogens is 231 g/mol. The Bertz CT molecular complexity index is 227. The molecule has 0 aromatic heterocycles. The molecule has 0 spiro atoms. The summed E-state index contributed by atoms with van der Waals surface area (Å²) in [5.74, 6) is 1.42. The van der Waals surface area contributed by atoms with Gasteiger partial charge in [-0.15, -0.1) is 0 Å². The van der Waals surface area contributed by atoms with Crippen LogP contribution in [-0.4, -0.2) is 30.6 Å². The van der Waals surface area contributed by atoms with E-state index in [1.54, 1.807) is 0 Å². The maximum absolute atomic E-state index is 13.3. The molecule has 0 bridgehead atoms. The van der Waals surface area contributed by atoms with E-state index < -0.39 is 6.17 Å². The van der Waals surface area contributed by atoms with Crippen LogP contribution in [0.5, 0.6) is 0 Å². The SMILES string of the molecule is OCCOC1CCC(CC2CCCC(F)C2)CC1. The van der Waals surface area contributed by atoms with Crippen molar-refractivity contribution in [2.75, 3.05) is 13.2 Å². The van der Waals surface area contributed by atoms with Gasteiger partial charge in [-0.2, -0.15) is 0 Å². The Kier molecular flexibility index (Phi) is 5.90. The Morgan fingerprint density at radius 2 is 1.78 bits per heavy atom. The highest BCUT2D eigenvalue weighted by molar-refractivity contribution is 4.79. The molecule has 2 rings (SSSR count). The van der Waals surface area contributed by atoms with E-state index >= 15 is 0 Å². The van der Waals surface area contributed by atoms with Gasteiger partial charge in [0, 0.05) is 0 Å². The minimum Gasteiger partial charge on any atom is -0.394 e. The second-order valence-electron chi connectivity index (χ2n) is 6.10. The van der Waals surface area contributed by atoms with Gasteiger partial charge >= 0.3 is 0 Å². The van der Waals surface area contributed by atoms with Crippen molar-refractivity contribution in [2.24, 2.45) is 11.8 Å². The van der Waals surface area contributed by atoms with E-state index in [4.69, 9.17) is 9.84 Å². The fourth-order valence-electron chi connectivity index (χ4n) is 3.66. The van der Waals surface area contributed by atoms with Crippen molar-refractivity contribution < 1.29 is 14.2 Å². The Morgan fingerprint density at radius 1 is 1.00 bits per heavy atom. The number of halogens is 1. The fourth-order valence-corrected chi connectivity index (χ4v) is 3.66. The summed E-state index contributed by atoms with van der Waals surface area (Å²) in [7, 11) is 0. The first-order chi connectivity index (χ1) is 8.78. The summed E-state index contributed by atoms with van der Waals surface area (Å²) in [6.45, 7) is 0.599. The van der Waals surface area contributed by atoms with Crippen molar-refractivity contribution in [3.8, 4) is 0 Å². The average Bonchev–Trinajstić information content (AvgIpc) is 2.38. The summed E-state index contributed by atoms with van der Waals surface area (Å²) < 4.78 is 18.9. The molecule has 0 aromatic rings.